The number of hydrogen-bond acceptors (Lipinski definition) is 11. The standard InChI is InChI=1S/C52H66ClN5O10Si/c1-51(2,3)67-49(62)55-35-16-18-36(19-17-35)58(50(63)64)42-27-32(15-20-37(42)33-13-11-10-12-14-33)25-26-66-48(61)56-41-29-44(65-7)34(28-40(41)53)30-54-31-45(68-69(8,9)52(4,5)6)38-21-23-43(59)47-39(38)22-24-46(60)57-47/h10-15,20-24,27-29,35-36,45,54,59H,16-19,25-26,30-31H2,1-9H3,(H,55,62)(H,56,61)(H,57,60)(H,63,64)/p-1/t35?,36?,45-/m0/s1. The maximum Gasteiger partial charge on any atom is 0.411 e. The number of H-pyrrole nitrogens is 1. The third kappa shape index (κ3) is 13.6. The summed E-state index contributed by atoms with van der Waals surface area (Å²) >= 11 is 6.75. The van der Waals surface area contributed by atoms with Crippen LogP contribution in [0, 0.1) is 0 Å². The number of nitrogens with one attached hydrogen (secondary N) is 4. The van der Waals surface area contributed by atoms with Gasteiger partial charge in [0.2, 0.25) is 5.56 Å². The van der Waals surface area contributed by atoms with E-state index in [1.54, 1.807) is 51.1 Å². The Kier molecular flexibility index (Phi) is 16.8. The molecule has 0 unspecified atom stereocenters. The third-order valence-electron chi connectivity index (χ3n) is 12.8. The normalized spacial score (nSPS) is 15.8. The SMILES string of the molecule is COc1cc(NC(=O)OCCc2ccc(-c3ccccc3)c(N(C(=O)[O-])C3CCC(NC(=O)OC(C)(C)C)CC3)c2)c(Cl)cc1CNC[C@H](O[Si](C)(C)C(C)(C)C)c1ccc(O)c2[nH]c(=O)ccc12. The number of nitrogens with zero attached hydrogens (tertiary/aromatic N) is 1. The Morgan fingerprint density at radius 1 is 0.928 bits per heavy atom. The van der Waals surface area contributed by atoms with Crippen LogP contribution in [0.15, 0.2) is 89.7 Å². The molecule has 370 valence electrons. The van der Waals surface area contributed by atoms with E-state index in [9.17, 15) is 29.4 Å². The topological polar surface area (TPSA) is 204 Å². The molecular weight excluding hydrogens is 918 g/mol. The third-order valence-corrected chi connectivity index (χ3v) is 17.6. The second kappa shape index (κ2) is 22.1. The van der Waals surface area contributed by atoms with Crippen LogP contribution >= 0.6 is 11.6 Å². The first-order chi connectivity index (χ1) is 32.5. The molecule has 15 nitrogen and oxygen atoms in total. The molecule has 5 N–H and O–H groups in total. The van der Waals surface area contributed by atoms with Gasteiger partial charge in [0.15, 0.2) is 8.32 Å². The number of anilines is 2. The minimum absolute atomic E-state index is 0.0238. The molecule has 1 aromatic heterocycles. The van der Waals surface area contributed by atoms with Crippen LogP contribution in [-0.2, 0) is 26.9 Å². The van der Waals surface area contributed by atoms with Gasteiger partial charge in [0, 0.05) is 60.2 Å². The lowest BCUT2D eigenvalue weighted by Gasteiger charge is -2.39. The molecule has 1 aliphatic rings. The molecule has 0 spiro atoms. The molecule has 1 atom stereocenters. The van der Waals surface area contributed by atoms with E-state index in [1.165, 1.54) is 18.1 Å². The van der Waals surface area contributed by atoms with Crippen LogP contribution in [-0.4, -0.2) is 74.6 Å². The molecule has 1 saturated carbocycles. The van der Waals surface area contributed by atoms with Crippen LogP contribution in [0.25, 0.3) is 22.0 Å². The summed E-state index contributed by atoms with van der Waals surface area (Å²) in [5.41, 5.74) is 3.94. The summed E-state index contributed by atoms with van der Waals surface area (Å²) in [5.74, 6) is 0.434. The van der Waals surface area contributed by atoms with Gasteiger partial charge in [-0.3, -0.25) is 10.1 Å². The Bertz CT molecular complexity index is 2680. The first kappa shape index (κ1) is 52.3. The Morgan fingerprint density at radius 3 is 2.29 bits per heavy atom. The van der Waals surface area contributed by atoms with E-state index in [0.717, 1.165) is 22.3 Å². The predicted octanol–water partition coefficient (Wildman–Crippen LogP) is 10.2. The molecule has 17 heteroatoms. The van der Waals surface area contributed by atoms with E-state index in [4.69, 9.17) is 30.2 Å². The van der Waals surface area contributed by atoms with Crippen LogP contribution in [0.5, 0.6) is 11.5 Å². The second-order valence-corrected chi connectivity index (χ2v) is 25.1. The molecule has 1 fully saturated rings. The fraction of sp³-hybridized carbons (Fsp3) is 0.423. The largest absolute Gasteiger partial charge is 0.530 e. The maximum atomic E-state index is 13.2. The van der Waals surface area contributed by atoms with Crippen molar-refractivity contribution in [1.29, 1.82) is 0 Å². The monoisotopic (exact) mass is 982 g/mol. The first-order valence-corrected chi connectivity index (χ1v) is 26.5. The second-order valence-electron chi connectivity index (χ2n) is 19.9. The highest BCUT2D eigenvalue weighted by molar-refractivity contribution is 6.74. The number of aromatic hydroxyl groups is 1. The lowest BCUT2D eigenvalue weighted by atomic mass is 9.89. The average molecular weight is 984 g/mol. The number of rotatable bonds is 16. The van der Waals surface area contributed by atoms with Crippen LogP contribution < -0.4 is 36.3 Å². The molecule has 3 amide bonds. The molecule has 0 radical (unpaired) electrons. The fourth-order valence-electron chi connectivity index (χ4n) is 8.24. The quantitative estimate of drug-likeness (QED) is 0.0589. The maximum absolute atomic E-state index is 13.2. The molecule has 69 heavy (non-hydrogen) atoms. The van der Waals surface area contributed by atoms with Gasteiger partial charge in [0.1, 0.15) is 23.2 Å². The van der Waals surface area contributed by atoms with Gasteiger partial charge in [0.05, 0.1) is 41.7 Å². The Hall–Kier alpha value is -6.07. The van der Waals surface area contributed by atoms with E-state index < -0.39 is 44.3 Å². The molecule has 4 aromatic carbocycles. The summed E-state index contributed by atoms with van der Waals surface area (Å²) in [6.07, 6.45) is -0.625. The molecule has 6 rings (SSSR count). The van der Waals surface area contributed by atoms with E-state index in [1.807, 2.05) is 48.5 Å². The summed E-state index contributed by atoms with van der Waals surface area (Å²) in [5, 5.41) is 33.5. The number of amides is 3. The Morgan fingerprint density at radius 2 is 1.64 bits per heavy atom. The van der Waals surface area contributed by atoms with Crippen molar-refractivity contribution in [3.8, 4) is 22.6 Å². The first-order valence-electron chi connectivity index (χ1n) is 23.2. The van der Waals surface area contributed by atoms with E-state index in [-0.39, 0.29) is 46.1 Å². The smallest absolute Gasteiger partial charge is 0.411 e. The molecule has 0 bridgehead atoms. The molecular formula is C52H65ClN5O10Si-. The summed E-state index contributed by atoms with van der Waals surface area (Å²) in [6, 6.07) is 24.3. The van der Waals surface area contributed by atoms with Crippen LogP contribution in [0.2, 0.25) is 23.2 Å². The van der Waals surface area contributed by atoms with Crippen LogP contribution in [0.1, 0.15) is 90.0 Å². The van der Waals surface area contributed by atoms with Crippen molar-refractivity contribution in [2.24, 2.45) is 0 Å². The van der Waals surface area contributed by atoms with Gasteiger partial charge in [-0.25, -0.2) is 9.59 Å². The molecule has 0 aliphatic heterocycles. The minimum Gasteiger partial charge on any atom is -0.530 e. The number of aromatic amines is 1. The fourth-order valence-corrected chi connectivity index (χ4v) is 9.75. The van der Waals surface area contributed by atoms with Crippen molar-refractivity contribution in [2.45, 2.75) is 122 Å². The number of carboxylic acid groups (broad SMARTS) is 1. The van der Waals surface area contributed by atoms with Gasteiger partial charge in [0.25, 0.3) is 0 Å². The highest BCUT2D eigenvalue weighted by atomic mass is 35.5. The van der Waals surface area contributed by atoms with E-state index in [0.29, 0.717) is 66.7 Å². The molecule has 1 heterocycles. The zero-order valence-corrected chi connectivity index (χ0v) is 42.7. The van der Waals surface area contributed by atoms with Gasteiger partial charge < -0.3 is 54.2 Å². The van der Waals surface area contributed by atoms with Gasteiger partial charge in [-0.2, -0.15) is 0 Å². The summed E-state index contributed by atoms with van der Waals surface area (Å²) < 4.78 is 23.7. The molecule has 1 aliphatic carbocycles. The van der Waals surface area contributed by atoms with Crippen molar-refractivity contribution in [3.63, 3.8) is 0 Å². The zero-order chi connectivity index (χ0) is 50.3. The number of carbonyl (C=O) groups excluding carboxylic acids is 3. The van der Waals surface area contributed by atoms with Gasteiger partial charge >= 0.3 is 12.2 Å². The van der Waals surface area contributed by atoms with Crippen LogP contribution in [0.3, 0.4) is 0 Å². The number of hydrogen-bond donors (Lipinski definition) is 5. The number of phenolic OH excluding ortho intramolecular Hbond substituents is 1. The number of pyridine rings is 1. The van der Waals surface area contributed by atoms with Crippen molar-refractivity contribution < 1.29 is 43.2 Å². The highest BCUT2D eigenvalue weighted by Crippen LogP contribution is 2.42. The highest BCUT2D eigenvalue weighted by Gasteiger charge is 2.40. The number of alkyl carbamates (subject to hydrolysis) is 1. The zero-order valence-electron chi connectivity index (χ0n) is 40.9. The molecule has 0 saturated heterocycles. The molecule has 5 aromatic rings. The Balaban J connectivity index is 1.11. The van der Waals surface area contributed by atoms with E-state index in [2.05, 4.69) is 54.8 Å². The van der Waals surface area contributed by atoms with Crippen molar-refractivity contribution >= 4 is 60.5 Å². The number of fused-ring (bicyclic) bond motifs is 1. The number of halogens is 1. The van der Waals surface area contributed by atoms with Crippen molar-refractivity contribution in [2.75, 3.05) is 30.5 Å². The van der Waals surface area contributed by atoms with Gasteiger partial charge in [-0.1, -0.05) is 80.9 Å². The lowest BCUT2D eigenvalue weighted by molar-refractivity contribution is -0.247. The van der Waals surface area contributed by atoms with Crippen molar-refractivity contribution in [3.05, 3.63) is 117 Å². The summed E-state index contributed by atoms with van der Waals surface area (Å²) in [7, 11) is -0.803. The number of benzene rings is 4. The number of aromatic nitrogens is 1. The predicted molar refractivity (Wildman–Crippen MR) is 271 cm³/mol. The Labute approximate surface area is 410 Å². The van der Waals surface area contributed by atoms with E-state index >= 15 is 0 Å². The van der Waals surface area contributed by atoms with Crippen LogP contribution in [0.4, 0.5) is 25.8 Å². The summed E-state index contributed by atoms with van der Waals surface area (Å²) in [6.45, 7) is 16.9. The lowest BCUT2D eigenvalue weighted by Crippen LogP contribution is -2.51. The number of ether oxygens (including phenoxy) is 3. The minimum atomic E-state index is -2.33. The number of carbonyl (C=O) groups is 3. The number of phenols is 1. The average Bonchev–Trinajstić information content (AvgIpc) is 3.27. The number of methoxy groups -OCH3 is 1. The van der Waals surface area contributed by atoms with Gasteiger partial charge in [-0.05, 0) is 106 Å². The summed E-state index contributed by atoms with van der Waals surface area (Å²) in [4.78, 5) is 54.8. The van der Waals surface area contributed by atoms with Gasteiger partial charge in [-0.15, -0.1) is 0 Å². The van der Waals surface area contributed by atoms with Crippen molar-refractivity contribution in [1.82, 2.24) is 15.6 Å².